The summed E-state index contributed by atoms with van der Waals surface area (Å²) >= 11 is 0. The maximum absolute atomic E-state index is 12.7. The third kappa shape index (κ3) is 6.18. The average Bonchev–Trinajstić information content (AvgIpc) is 1.80. The number of hydrogen-bond acceptors (Lipinski definition) is 1. The van der Waals surface area contributed by atoms with Crippen LogP contribution >= 0.6 is 9.24 Å². The van der Waals surface area contributed by atoms with Crippen molar-refractivity contribution in [2.75, 3.05) is 0 Å². The van der Waals surface area contributed by atoms with E-state index in [0.717, 1.165) is 0 Å². The summed E-state index contributed by atoms with van der Waals surface area (Å²) in [5.41, 5.74) is 0. The molecule has 0 amide bonds. The van der Waals surface area contributed by atoms with Crippen molar-refractivity contribution in [1.29, 1.82) is 0 Å². The van der Waals surface area contributed by atoms with Gasteiger partial charge in [0.05, 0.1) is 0 Å². The first-order valence-electron chi connectivity index (χ1n) is 3.54. The fourth-order valence-electron chi connectivity index (χ4n) is 0.438. The topological polar surface area (TPSA) is 17.1 Å². The Morgan fingerprint density at radius 3 is 2.36 bits per heavy atom. The number of carbonyl (C=O) groups excluding carboxylic acids is 1. The predicted octanol–water partition coefficient (Wildman–Crippen LogP) is 2.33. The number of carbonyl (C=O) groups is 1. The fourth-order valence-corrected chi connectivity index (χ4v) is 0.534. The van der Waals surface area contributed by atoms with Gasteiger partial charge in [0.25, 0.3) is 0 Å². The molecule has 0 rings (SSSR count). The summed E-state index contributed by atoms with van der Waals surface area (Å²) in [4.78, 5) is 10.9. The van der Waals surface area contributed by atoms with E-state index in [-0.39, 0.29) is 11.7 Å². The summed E-state index contributed by atoms with van der Waals surface area (Å²) < 4.78 is 12.7. The van der Waals surface area contributed by atoms with Crippen LogP contribution in [0.1, 0.15) is 20.8 Å². The Morgan fingerprint density at radius 1 is 1.64 bits per heavy atom. The Labute approximate surface area is 69.3 Å². The third-order valence-electron chi connectivity index (χ3n) is 1.14. The molecular formula is C8H14FOP. The minimum atomic E-state index is -1.47. The van der Waals surface area contributed by atoms with Gasteiger partial charge in [-0.25, -0.2) is 4.39 Å². The Hall–Kier alpha value is -0.230. The number of rotatable bonds is 3. The van der Waals surface area contributed by atoms with Crippen LogP contribution in [0.25, 0.3) is 0 Å². The highest BCUT2D eigenvalue weighted by Gasteiger charge is 2.11. The molecule has 0 aromatic rings. The molecule has 2 unspecified atom stereocenters. The van der Waals surface area contributed by atoms with E-state index in [9.17, 15) is 9.18 Å². The first-order valence-corrected chi connectivity index (χ1v) is 4.11. The summed E-state index contributed by atoms with van der Waals surface area (Å²) in [6.07, 6.45) is 2.54. The maximum Gasteiger partial charge on any atom is 0.158 e. The molecule has 0 aliphatic carbocycles. The molecule has 0 saturated heterocycles. The molecule has 0 spiro atoms. The molecule has 0 N–H and O–H groups in total. The molecule has 2 atom stereocenters. The zero-order valence-electron chi connectivity index (χ0n) is 7.10. The van der Waals surface area contributed by atoms with Crippen molar-refractivity contribution < 1.29 is 9.18 Å². The van der Waals surface area contributed by atoms with E-state index in [1.54, 1.807) is 13.8 Å². The first kappa shape index (κ1) is 10.8. The fraction of sp³-hybridized carbons (Fsp3) is 0.625. The number of hydrogen-bond donors (Lipinski definition) is 0. The summed E-state index contributed by atoms with van der Waals surface area (Å²) in [7, 11) is 2.01. The van der Waals surface area contributed by atoms with E-state index < -0.39 is 5.41 Å². The average molecular weight is 176 g/mol. The zero-order valence-corrected chi connectivity index (χ0v) is 8.25. The van der Waals surface area contributed by atoms with Crippen LogP contribution in [-0.2, 0) is 4.79 Å². The van der Waals surface area contributed by atoms with E-state index in [1.807, 2.05) is 9.24 Å². The van der Waals surface area contributed by atoms with E-state index in [2.05, 4.69) is 0 Å². The first-order chi connectivity index (χ1) is 4.83. The summed E-state index contributed by atoms with van der Waals surface area (Å²) in [5.74, 6) is -0.102. The van der Waals surface area contributed by atoms with Gasteiger partial charge in [-0.05, 0) is 19.1 Å². The van der Waals surface area contributed by atoms with Gasteiger partial charge in [0.15, 0.2) is 5.78 Å². The van der Waals surface area contributed by atoms with Crippen LogP contribution in [0.2, 0.25) is 0 Å². The summed E-state index contributed by atoms with van der Waals surface area (Å²) in [6, 6.07) is 0. The van der Waals surface area contributed by atoms with Crippen LogP contribution in [-0.4, -0.2) is 11.2 Å². The molecule has 0 heterocycles. The van der Waals surface area contributed by atoms with Crippen molar-refractivity contribution in [1.82, 2.24) is 0 Å². The van der Waals surface area contributed by atoms with Gasteiger partial charge in [-0.2, -0.15) is 0 Å². The van der Waals surface area contributed by atoms with Crippen LogP contribution in [0.15, 0.2) is 12.2 Å². The van der Waals surface area contributed by atoms with E-state index in [0.29, 0.717) is 0 Å². The molecule has 64 valence electrons. The summed E-state index contributed by atoms with van der Waals surface area (Å²) in [6.45, 7) is 4.94. The van der Waals surface area contributed by atoms with Gasteiger partial charge in [0.2, 0.25) is 0 Å². The van der Waals surface area contributed by atoms with Gasteiger partial charge in [-0.3, -0.25) is 4.79 Å². The lowest BCUT2D eigenvalue weighted by Gasteiger charge is -2.06. The molecule has 0 aromatic carbocycles. The highest BCUT2D eigenvalue weighted by atomic mass is 31.0. The van der Waals surface area contributed by atoms with Crippen LogP contribution in [0.4, 0.5) is 4.39 Å². The minimum absolute atomic E-state index is 0.0451. The highest BCUT2D eigenvalue weighted by molar-refractivity contribution is 7.18. The zero-order chi connectivity index (χ0) is 9.07. The predicted molar refractivity (Wildman–Crippen MR) is 48.2 cm³/mol. The van der Waals surface area contributed by atoms with Crippen LogP contribution in [0, 0.1) is 5.92 Å². The Kier molecular flexibility index (Phi) is 3.88. The molecule has 0 saturated carbocycles. The van der Waals surface area contributed by atoms with E-state index in [4.69, 9.17) is 0 Å². The van der Waals surface area contributed by atoms with E-state index in [1.165, 1.54) is 19.1 Å². The molecular weight excluding hydrogens is 162 g/mol. The molecule has 0 fully saturated rings. The van der Waals surface area contributed by atoms with Crippen LogP contribution in [0.5, 0.6) is 0 Å². The quantitative estimate of drug-likeness (QED) is 0.476. The number of allylic oxidation sites excluding steroid dienone is 2. The molecule has 0 aliphatic rings. The SMILES string of the molecule is CC(C)C(=O)/C=C/C(C)(F)P. The smallest absolute Gasteiger partial charge is 0.158 e. The molecule has 0 radical (unpaired) electrons. The Bertz CT molecular complexity index is 167. The number of alkyl halides is 1. The minimum Gasteiger partial charge on any atom is -0.295 e. The van der Waals surface area contributed by atoms with Gasteiger partial charge in [0, 0.05) is 5.92 Å². The standard InChI is InChI=1S/C8H14FOP/c1-6(2)7(10)4-5-8(3,9)11/h4-6H,11H2,1-3H3/b5-4+. The second-order valence-corrected chi connectivity index (χ2v) is 4.17. The van der Waals surface area contributed by atoms with Crippen molar-refractivity contribution >= 4 is 15.0 Å². The lowest BCUT2D eigenvalue weighted by atomic mass is 10.1. The van der Waals surface area contributed by atoms with Gasteiger partial charge >= 0.3 is 0 Å². The van der Waals surface area contributed by atoms with Gasteiger partial charge in [0.1, 0.15) is 5.41 Å². The molecule has 0 bridgehead atoms. The second kappa shape index (κ2) is 3.96. The highest BCUT2D eigenvalue weighted by Crippen LogP contribution is 2.20. The molecule has 1 nitrogen and oxygen atoms in total. The van der Waals surface area contributed by atoms with Gasteiger partial charge in [-0.15, -0.1) is 0 Å². The summed E-state index contributed by atoms with van der Waals surface area (Å²) in [5, 5.41) is -1.47. The van der Waals surface area contributed by atoms with Crippen molar-refractivity contribution in [2.24, 2.45) is 5.92 Å². The van der Waals surface area contributed by atoms with Gasteiger partial charge < -0.3 is 0 Å². The largest absolute Gasteiger partial charge is 0.295 e. The molecule has 11 heavy (non-hydrogen) atoms. The molecule has 0 aliphatic heterocycles. The van der Waals surface area contributed by atoms with Crippen molar-refractivity contribution in [2.45, 2.75) is 26.2 Å². The van der Waals surface area contributed by atoms with Crippen molar-refractivity contribution in [3.8, 4) is 0 Å². The van der Waals surface area contributed by atoms with Gasteiger partial charge in [-0.1, -0.05) is 23.1 Å². The normalized spacial score (nSPS) is 17.3. The second-order valence-electron chi connectivity index (χ2n) is 3.04. The Balaban J connectivity index is 4.05. The number of ketones is 1. The number of halogens is 1. The third-order valence-corrected chi connectivity index (χ3v) is 1.33. The van der Waals surface area contributed by atoms with Crippen molar-refractivity contribution in [3.05, 3.63) is 12.2 Å². The monoisotopic (exact) mass is 176 g/mol. The molecule has 0 aromatic heterocycles. The van der Waals surface area contributed by atoms with Crippen molar-refractivity contribution in [3.63, 3.8) is 0 Å². The lowest BCUT2D eigenvalue weighted by Crippen LogP contribution is -2.06. The van der Waals surface area contributed by atoms with Crippen LogP contribution in [0.3, 0.4) is 0 Å². The Morgan fingerprint density at radius 2 is 2.09 bits per heavy atom. The lowest BCUT2D eigenvalue weighted by molar-refractivity contribution is -0.117. The van der Waals surface area contributed by atoms with Crippen LogP contribution < -0.4 is 0 Å². The van der Waals surface area contributed by atoms with E-state index >= 15 is 0 Å². The molecule has 3 heteroatoms. The maximum atomic E-state index is 12.7.